The van der Waals surface area contributed by atoms with E-state index in [1.807, 2.05) is 11.0 Å². The smallest absolute Gasteiger partial charge is 0.241 e. The molecule has 1 aromatic carbocycles. The van der Waals surface area contributed by atoms with E-state index < -0.39 is 0 Å². The summed E-state index contributed by atoms with van der Waals surface area (Å²) in [5, 5.41) is 5.42. The predicted molar refractivity (Wildman–Crippen MR) is 120 cm³/mol. The minimum Gasteiger partial charge on any atom is -0.311 e. The molecule has 1 saturated heterocycles. The molecule has 0 bridgehead atoms. The number of anilines is 1. The maximum atomic E-state index is 12.8. The minimum atomic E-state index is 0.226. The van der Waals surface area contributed by atoms with Crippen molar-refractivity contribution in [2.24, 2.45) is 0 Å². The average molecular weight is 425 g/mol. The summed E-state index contributed by atoms with van der Waals surface area (Å²) in [6.07, 6.45) is 0.969. The molecule has 4 heterocycles. The molecule has 150 valence electrons. The van der Waals surface area contributed by atoms with Crippen molar-refractivity contribution in [1.29, 1.82) is 0 Å². The Kier molecular flexibility index (Phi) is 5.46. The normalized spacial score (nSPS) is 17.6. The van der Waals surface area contributed by atoms with Crippen molar-refractivity contribution < 1.29 is 4.79 Å². The topological polar surface area (TPSA) is 39.7 Å². The van der Waals surface area contributed by atoms with E-state index in [0.29, 0.717) is 6.54 Å². The van der Waals surface area contributed by atoms with Gasteiger partial charge in [-0.2, -0.15) is 0 Å². The Morgan fingerprint density at radius 3 is 2.62 bits per heavy atom. The maximum absolute atomic E-state index is 12.8. The zero-order valence-corrected chi connectivity index (χ0v) is 17.9. The van der Waals surface area contributed by atoms with Crippen LogP contribution in [0.1, 0.15) is 10.6 Å². The van der Waals surface area contributed by atoms with Gasteiger partial charge in [0.05, 0.1) is 23.7 Å². The summed E-state index contributed by atoms with van der Waals surface area (Å²) in [6.45, 7) is 6.07. The molecular weight excluding hydrogens is 400 g/mol. The summed E-state index contributed by atoms with van der Waals surface area (Å²) in [7, 11) is 0. The fourth-order valence-electron chi connectivity index (χ4n) is 4.09. The molecule has 0 aliphatic carbocycles. The van der Waals surface area contributed by atoms with E-state index >= 15 is 0 Å². The molecule has 0 radical (unpaired) electrons. The first-order valence-electron chi connectivity index (χ1n) is 10.1. The van der Waals surface area contributed by atoms with Gasteiger partial charge in [-0.3, -0.25) is 14.6 Å². The van der Waals surface area contributed by atoms with E-state index in [2.05, 4.69) is 50.9 Å². The van der Waals surface area contributed by atoms with E-state index in [0.717, 1.165) is 57.1 Å². The summed E-state index contributed by atoms with van der Waals surface area (Å²) in [4.78, 5) is 25.6. The van der Waals surface area contributed by atoms with Crippen LogP contribution in [0.25, 0.3) is 10.6 Å². The number of hydrogen-bond acceptors (Lipinski definition) is 6. The number of thiophene rings is 1. The summed E-state index contributed by atoms with van der Waals surface area (Å²) < 4.78 is 0. The van der Waals surface area contributed by atoms with E-state index in [-0.39, 0.29) is 5.91 Å². The number of thiazole rings is 1. The van der Waals surface area contributed by atoms with E-state index in [1.54, 1.807) is 22.7 Å². The fourth-order valence-corrected chi connectivity index (χ4v) is 5.69. The van der Waals surface area contributed by atoms with E-state index in [4.69, 9.17) is 4.98 Å². The van der Waals surface area contributed by atoms with Crippen molar-refractivity contribution in [3.8, 4) is 10.6 Å². The third-order valence-electron chi connectivity index (χ3n) is 5.70. The lowest BCUT2D eigenvalue weighted by Crippen LogP contribution is -2.49. The van der Waals surface area contributed by atoms with Crippen LogP contribution in [-0.2, 0) is 17.8 Å². The van der Waals surface area contributed by atoms with Gasteiger partial charge in [0.15, 0.2) is 0 Å². The van der Waals surface area contributed by atoms with Gasteiger partial charge < -0.3 is 4.90 Å². The Bertz CT molecular complexity index is 976. The maximum Gasteiger partial charge on any atom is 0.241 e. The Morgan fingerprint density at radius 2 is 1.79 bits per heavy atom. The number of amides is 1. The van der Waals surface area contributed by atoms with E-state index in [1.165, 1.54) is 15.4 Å². The second kappa shape index (κ2) is 8.36. The van der Waals surface area contributed by atoms with Crippen molar-refractivity contribution >= 4 is 34.3 Å². The highest BCUT2D eigenvalue weighted by atomic mass is 32.1. The number of piperazine rings is 1. The van der Waals surface area contributed by atoms with Crippen molar-refractivity contribution in [2.75, 3.05) is 44.2 Å². The van der Waals surface area contributed by atoms with Crippen LogP contribution in [0.15, 0.2) is 47.2 Å². The van der Waals surface area contributed by atoms with Crippen LogP contribution >= 0.6 is 22.7 Å². The number of hydrogen-bond donors (Lipinski definition) is 0. The van der Waals surface area contributed by atoms with Crippen LogP contribution < -0.4 is 4.90 Å². The molecule has 29 heavy (non-hydrogen) atoms. The highest BCUT2D eigenvalue weighted by Gasteiger charge is 2.27. The molecule has 0 N–H and O–H groups in total. The molecule has 0 atom stereocenters. The Morgan fingerprint density at radius 1 is 0.966 bits per heavy atom. The zero-order valence-electron chi connectivity index (χ0n) is 16.3. The molecule has 0 unspecified atom stereocenters. The molecule has 2 aromatic heterocycles. The molecule has 2 aliphatic heterocycles. The second-order valence-electron chi connectivity index (χ2n) is 7.58. The number of carbonyl (C=O) groups is 1. The Hall–Kier alpha value is -2.06. The first-order chi connectivity index (χ1) is 14.3. The van der Waals surface area contributed by atoms with Crippen molar-refractivity contribution in [3.63, 3.8) is 0 Å². The second-order valence-corrected chi connectivity index (χ2v) is 9.47. The van der Waals surface area contributed by atoms with Crippen LogP contribution in [0, 0.1) is 0 Å². The van der Waals surface area contributed by atoms with Gasteiger partial charge in [-0.15, -0.1) is 22.7 Å². The highest BCUT2D eigenvalue weighted by Crippen LogP contribution is 2.28. The highest BCUT2D eigenvalue weighted by molar-refractivity contribution is 7.14. The predicted octanol–water partition coefficient (Wildman–Crippen LogP) is 3.58. The fraction of sp³-hybridized carbons (Fsp3) is 0.364. The summed E-state index contributed by atoms with van der Waals surface area (Å²) >= 11 is 3.48. The van der Waals surface area contributed by atoms with Gasteiger partial charge in [0, 0.05) is 43.8 Å². The van der Waals surface area contributed by atoms with Gasteiger partial charge in [-0.1, -0.05) is 24.3 Å². The lowest BCUT2D eigenvalue weighted by Gasteiger charge is -2.34. The standard InChI is InChI=1S/C22H24N4OS2/c27-22(26-8-7-17-4-1-2-5-19(17)26)15-25-11-9-24(10-12-25)14-21-23-18(16-29-21)20-6-3-13-28-20/h1-6,13,16H,7-12,14-15H2. The van der Waals surface area contributed by atoms with Crippen molar-refractivity contribution in [3.05, 3.63) is 57.7 Å². The molecular formula is C22H24N4OS2. The number of fused-ring (bicyclic) bond motifs is 1. The van der Waals surface area contributed by atoms with Gasteiger partial charge >= 0.3 is 0 Å². The first kappa shape index (κ1) is 18.9. The van der Waals surface area contributed by atoms with Gasteiger partial charge in [0.1, 0.15) is 5.01 Å². The van der Waals surface area contributed by atoms with Crippen LogP contribution in [0.2, 0.25) is 0 Å². The molecule has 3 aromatic rings. The quantitative estimate of drug-likeness (QED) is 0.628. The van der Waals surface area contributed by atoms with E-state index in [9.17, 15) is 4.79 Å². The number of benzene rings is 1. The van der Waals surface area contributed by atoms with Crippen LogP contribution in [0.3, 0.4) is 0 Å². The Labute approximate surface area is 179 Å². The molecule has 7 heteroatoms. The van der Waals surface area contributed by atoms with Crippen LogP contribution in [0.4, 0.5) is 5.69 Å². The number of aromatic nitrogens is 1. The third-order valence-corrected chi connectivity index (χ3v) is 7.42. The third kappa shape index (κ3) is 4.14. The van der Waals surface area contributed by atoms with Gasteiger partial charge in [-0.05, 0) is 29.5 Å². The zero-order chi connectivity index (χ0) is 19.6. The molecule has 5 rings (SSSR count). The van der Waals surface area contributed by atoms with Gasteiger partial charge in [-0.25, -0.2) is 4.98 Å². The molecule has 5 nitrogen and oxygen atoms in total. The Balaban J connectivity index is 1.12. The molecule has 2 aliphatic rings. The molecule has 0 spiro atoms. The number of carbonyl (C=O) groups excluding carboxylic acids is 1. The molecule has 1 amide bonds. The monoisotopic (exact) mass is 424 g/mol. The SMILES string of the molecule is O=C(CN1CCN(Cc2nc(-c3cccs3)cs2)CC1)N1CCc2ccccc21. The van der Waals surface area contributed by atoms with Gasteiger partial charge in [0.25, 0.3) is 0 Å². The number of nitrogens with zero attached hydrogens (tertiary/aromatic N) is 4. The van der Waals surface area contributed by atoms with Crippen LogP contribution in [0.5, 0.6) is 0 Å². The van der Waals surface area contributed by atoms with Crippen molar-refractivity contribution in [1.82, 2.24) is 14.8 Å². The molecule has 1 fully saturated rings. The van der Waals surface area contributed by atoms with Crippen molar-refractivity contribution in [2.45, 2.75) is 13.0 Å². The minimum absolute atomic E-state index is 0.226. The first-order valence-corrected chi connectivity index (χ1v) is 11.8. The summed E-state index contributed by atoms with van der Waals surface area (Å²) in [5.41, 5.74) is 3.48. The molecule has 0 saturated carbocycles. The number of rotatable bonds is 5. The van der Waals surface area contributed by atoms with Crippen LogP contribution in [-0.4, -0.2) is 60.0 Å². The summed E-state index contributed by atoms with van der Waals surface area (Å²) in [5.74, 6) is 0.226. The summed E-state index contributed by atoms with van der Waals surface area (Å²) in [6, 6.07) is 12.5. The lowest BCUT2D eigenvalue weighted by molar-refractivity contribution is -0.120. The number of para-hydroxylation sites is 1. The largest absolute Gasteiger partial charge is 0.311 e. The van der Waals surface area contributed by atoms with Gasteiger partial charge in [0.2, 0.25) is 5.91 Å². The lowest BCUT2D eigenvalue weighted by atomic mass is 10.2. The average Bonchev–Trinajstić information content (AvgIpc) is 3.50.